The Morgan fingerprint density at radius 2 is 1.74 bits per heavy atom. The first-order chi connectivity index (χ1) is 9.00. The molecular weight excluding hydrogens is 268 g/mol. The van der Waals surface area contributed by atoms with Crippen LogP contribution < -0.4 is 14.6 Å². The lowest BCUT2D eigenvalue weighted by molar-refractivity contribution is 0.411. The maximum Gasteiger partial charge on any atom is 0.243 e. The Labute approximate surface area is 110 Å². The predicted octanol–water partition coefficient (Wildman–Crippen LogP) is 1.53. The molecule has 1 aromatic heterocycles. The number of hydrogen-bond acceptors (Lipinski definition) is 5. The van der Waals surface area contributed by atoms with Crippen LogP contribution in [0.5, 0.6) is 17.4 Å². The van der Waals surface area contributed by atoms with Crippen LogP contribution in [0, 0.1) is 0 Å². The van der Waals surface area contributed by atoms with Gasteiger partial charge >= 0.3 is 0 Å². The minimum Gasteiger partial charge on any atom is -0.497 e. The van der Waals surface area contributed by atoms with E-state index in [1.165, 1.54) is 18.3 Å². The van der Waals surface area contributed by atoms with E-state index in [4.69, 9.17) is 14.6 Å². The van der Waals surface area contributed by atoms with Gasteiger partial charge < -0.3 is 9.47 Å². The molecule has 0 spiro atoms. The number of ether oxygens (including phenoxy) is 2. The lowest BCUT2D eigenvalue weighted by atomic mass is 10.3. The van der Waals surface area contributed by atoms with Gasteiger partial charge in [-0.3, -0.25) is 0 Å². The third kappa shape index (κ3) is 3.21. The van der Waals surface area contributed by atoms with Gasteiger partial charge in [0.15, 0.2) is 0 Å². The lowest BCUT2D eigenvalue weighted by Gasteiger charge is -2.08. The minimum absolute atomic E-state index is 0.0600. The molecule has 1 aromatic carbocycles. The molecule has 0 atom stereocenters. The number of nitrogens with two attached hydrogens (primary N) is 1. The fourth-order valence-electron chi connectivity index (χ4n) is 1.42. The van der Waals surface area contributed by atoms with E-state index in [1.54, 1.807) is 31.4 Å². The quantitative estimate of drug-likeness (QED) is 0.917. The molecule has 0 saturated carbocycles. The van der Waals surface area contributed by atoms with Gasteiger partial charge in [-0.15, -0.1) is 0 Å². The molecule has 0 fully saturated rings. The topological polar surface area (TPSA) is 91.5 Å². The molecule has 0 aliphatic heterocycles. The van der Waals surface area contributed by atoms with Crippen molar-refractivity contribution in [2.45, 2.75) is 4.90 Å². The maximum absolute atomic E-state index is 11.4. The number of rotatable bonds is 4. The molecule has 2 aromatic rings. The summed E-state index contributed by atoms with van der Waals surface area (Å²) in [6, 6.07) is 9.46. The number of hydrogen-bond donors (Lipinski definition) is 1. The van der Waals surface area contributed by atoms with Crippen molar-refractivity contribution in [1.29, 1.82) is 0 Å². The molecule has 0 unspecified atom stereocenters. The second-order valence-electron chi connectivity index (χ2n) is 3.63. The molecular formula is C12H12N2O4S. The van der Waals surface area contributed by atoms with Gasteiger partial charge in [-0.2, -0.15) is 0 Å². The van der Waals surface area contributed by atoms with Crippen molar-refractivity contribution in [2.75, 3.05) is 7.11 Å². The Kier molecular flexibility index (Phi) is 3.68. The highest BCUT2D eigenvalue weighted by atomic mass is 32.2. The molecule has 6 nitrogen and oxygen atoms in total. The third-order valence-corrected chi connectivity index (χ3v) is 3.24. The van der Waals surface area contributed by atoms with E-state index in [-0.39, 0.29) is 10.8 Å². The van der Waals surface area contributed by atoms with Crippen LogP contribution in [0.2, 0.25) is 0 Å². The Hall–Kier alpha value is -2.12. The highest BCUT2D eigenvalue weighted by Crippen LogP contribution is 2.26. The van der Waals surface area contributed by atoms with E-state index in [0.29, 0.717) is 11.5 Å². The van der Waals surface area contributed by atoms with Crippen molar-refractivity contribution >= 4 is 10.0 Å². The summed E-state index contributed by atoms with van der Waals surface area (Å²) in [5.41, 5.74) is 0. The average Bonchev–Trinajstić information content (AvgIpc) is 2.39. The maximum atomic E-state index is 11.4. The first kappa shape index (κ1) is 13.3. The van der Waals surface area contributed by atoms with E-state index in [1.807, 2.05) is 0 Å². The third-order valence-electron chi connectivity index (χ3n) is 2.32. The molecule has 0 amide bonds. The molecule has 7 heteroatoms. The first-order valence-electron chi connectivity index (χ1n) is 5.30. The van der Waals surface area contributed by atoms with Gasteiger partial charge in [-0.25, -0.2) is 18.5 Å². The van der Waals surface area contributed by atoms with Crippen LogP contribution in [-0.4, -0.2) is 20.5 Å². The van der Waals surface area contributed by atoms with Gasteiger partial charge in [0.2, 0.25) is 15.9 Å². The van der Waals surface area contributed by atoms with Gasteiger partial charge in [0.1, 0.15) is 16.4 Å². The van der Waals surface area contributed by atoms with Gasteiger partial charge in [-0.05, 0) is 36.4 Å². The van der Waals surface area contributed by atoms with E-state index in [9.17, 15) is 8.42 Å². The van der Waals surface area contributed by atoms with Gasteiger partial charge in [0.25, 0.3) is 0 Å². The monoisotopic (exact) mass is 280 g/mol. The standard InChI is InChI=1S/C12H12N2O4S/c1-17-9-4-6-10(7-5-9)18-12-11(19(13,15)16)3-2-8-14-12/h2-8H,1H3,(H2,13,15,16). The summed E-state index contributed by atoms with van der Waals surface area (Å²) in [6.45, 7) is 0. The number of benzene rings is 1. The van der Waals surface area contributed by atoms with Crippen molar-refractivity contribution in [3.05, 3.63) is 42.6 Å². The van der Waals surface area contributed by atoms with Crippen molar-refractivity contribution < 1.29 is 17.9 Å². The van der Waals surface area contributed by atoms with Crippen LogP contribution in [0.3, 0.4) is 0 Å². The van der Waals surface area contributed by atoms with E-state index < -0.39 is 10.0 Å². The van der Waals surface area contributed by atoms with Gasteiger partial charge in [0, 0.05) is 6.20 Å². The molecule has 100 valence electrons. The number of primary sulfonamides is 1. The fourth-order valence-corrected chi connectivity index (χ4v) is 2.03. The Morgan fingerprint density at radius 1 is 1.11 bits per heavy atom. The van der Waals surface area contributed by atoms with Gasteiger partial charge in [0.05, 0.1) is 7.11 Å². The van der Waals surface area contributed by atoms with E-state index in [0.717, 1.165) is 0 Å². The molecule has 2 rings (SSSR count). The van der Waals surface area contributed by atoms with Crippen LogP contribution in [0.4, 0.5) is 0 Å². The number of nitrogens with zero attached hydrogens (tertiary/aromatic N) is 1. The summed E-state index contributed by atoms with van der Waals surface area (Å²) in [7, 11) is -2.33. The van der Waals surface area contributed by atoms with Crippen molar-refractivity contribution in [3.63, 3.8) is 0 Å². The second kappa shape index (κ2) is 5.25. The zero-order valence-corrected chi connectivity index (χ0v) is 10.9. The Bertz CT molecular complexity index is 668. The van der Waals surface area contributed by atoms with Crippen molar-refractivity contribution in [2.24, 2.45) is 5.14 Å². The highest BCUT2D eigenvalue weighted by Gasteiger charge is 2.16. The number of sulfonamides is 1. The Balaban J connectivity index is 2.33. The number of methoxy groups -OCH3 is 1. The van der Waals surface area contributed by atoms with E-state index >= 15 is 0 Å². The SMILES string of the molecule is COc1ccc(Oc2ncccc2S(N)(=O)=O)cc1. The fraction of sp³-hybridized carbons (Fsp3) is 0.0833. The van der Waals surface area contributed by atoms with Crippen LogP contribution >= 0.6 is 0 Å². The molecule has 0 saturated heterocycles. The zero-order valence-electron chi connectivity index (χ0n) is 10.1. The van der Waals surface area contributed by atoms with Crippen molar-refractivity contribution in [1.82, 2.24) is 4.98 Å². The highest BCUT2D eigenvalue weighted by molar-refractivity contribution is 7.89. The largest absolute Gasteiger partial charge is 0.497 e. The molecule has 0 aliphatic rings. The summed E-state index contributed by atoms with van der Waals surface area (Å²) in [4.78, 5) is 3.71. The molecule has 0 bridgehead atoms. The van der Waals surface area contributed by atoms with Crippen LogP contribution in [0.1, 0.15) is 0 Å². The zero-order chi connectivity index (χ0) is 13.9. The van der Waals surface area contributed by atoms with Crippen LogP contribution in [-0.2, 0) is 10.0 Å². The number of pyridine rings is 1. The lowest BCUT2D eigenvalue weighted by Crippen LogP contribution is -2.13. The van der Waals surface area contributed by atoms with Gasteiger partial charge in [-0.1, -0.05) is 0 Å². The number of aromatic nitrogens is 1. The summed E-state index contributed by atoms with van der Waals surface area (Å²) in [5.74, 6) is 1.04. The second-order valence-corrected chi connectivity index (χ2v) is 5.16. The van der Waals surface area contributed by atoms with Crippen molar-refractivity contribution in [3.8, 4) is 17.4 Å². The predicted molar refractivity (Wildman–Crippen MR) is 68.7 cm³/mol. The van der Waals surface area contributed by atoms with Crippen LogP contribution in [0.15, 0.2) is 47.5 Å². The minimum atomic E-state index is -3.88. The summed E-state index contributed by atoms with van der Waals surface area (Å²) >= 11 is 0. The normalized spacial score (nSPS) is 11.1. The molecule has 19 heavy (non-hydrogen) atoms. The summed E-state index contributed by atoms with van der Waals surface area (Å²) in [6.07, 6.45) is 1.42. The average molecular weight is 280 g/mol. The summed E-state index contributed by atoms with van der Waals surface area (Å²) < 4.78 is 33.2. The summed E-state index contributed by atoms with van der Waals surface area (Å²) in [5, 5.41) is 5.09. The van der Waals surface area contributed by atoms with E-state index in [2.05, 4.69) is 4.98 Å². The molecule has 0 radical (unpaired) electrons. The molecule has 2 N–H and O–H groups in total. The molecule has 1 heterocycles. The Morgan fingerprint density at radius 3 is 2.32 bits per heavy atom. The molecule has 0 aliphatic carbocycles. The van der Waals surface area contributed by atoms with Crippen LogP contribution in [0.25, 0.3) is 0 Å². The first-order valence-corrected chi connectivity index (χ1v) is 6.85. The smallest absolute Gasteiger partial charge is 0.243 e.